The lowest BCUT2D eigenvalue weighted by Gasteiger charge is -2.13. The van der Waals surface area contributed by atoms with E-state index < -0.39 is 4.92 Å². The monoisotopic (exact) mass is 231 g/mol. The Kier molecular flexibility index (Phi) is 3.04. The molecule has 0 aromatic heterocycles. The minimum Gasteiger partial charge on any atom is -0.294 e. The van der Waals surface area contributed by atoms with Crippen LogP contribution in [0, 0.1) is 17.0 Å². The topological polar surface area (TPSA) is 60.2 Å². The van der Waals surface area contributed by atoms with Crippen LogP contribution in [0.25, 0.3) is 5.57 Å². The average molecular weight is 231 g/mol. The first kappa shape index (κ1) is 11.5. The molecule has 2 rings (SSSR count). The predicted molar refractivity (Wildman–Crippen MR) is 64.7 cm³/mol. The number of Topliss-reactive ketones (excluding diaryl/α,β-unsaturated/α-hetero) is 1. The molecule has 0 heterocycles. The maximum Gasteiger partial charge on any atom is 0.277 e. The van der Waals surface area contributed by atoms with Gasteiger partial charge < -0.3 is 0 Å². The summed E-state index contributed by atoms with van der Waals surface area (Å²) >= 11 is 0. The van der Waals surface area contributed by atoms with E-state index in [1.807, 2.05) is 6.08 Å². The lowest BCUT2D eigenvalue weighted by Crippen LogP contribution is -2.09. The second-order valence-electron chi connectivity index (χ2n) is 4.16. The van der Waals surface area contributed by atoms with E-state index in [-0.39, 0.29) is 11.5 Å². The summed E-state index contributed by atoms with van der Waals surface area (Å²) in [6.45, 7) is 1.80. The van der Waals surface area contributed by atoms with Gasteiger partial charge in [-0.1, -0.05) is 18.2 Å². The van der Waals surface area contributed by atoms with Crippen LogP contribution >= 0.6 is 0 Å². The van der Waals surface area contributed by atoms with Crippen LogP contribution in [0.2, 0.25) is 0 Å². The highest BCUT2D eigenvalue weighted by atomic mass is 16.6. The Hall–Kier alpha value is -1.97. The summed E-state index contributed by atoms with van der Waals surface area (Å²) in [5, 5.41) is 11.0. The molecule has 0 radical (unpaired) electrons. The normalized spacial score (nSPS) is 15.6. The number of rotatable bonds is 2. The van der Waals surface area contributed by atoms with Crippen molar-refractivity contribution < 1.29 is 9.72 Å². The number of benzene rings is 1. The molecule has 0 saturated heterocycles. The number of allylic oxidation sites excluding steroid dienone is 2. The Morgan fingerprint density at radius 1 is 1.35 bits per heavy atom. The highest BCUT2D eigenvalue weighted by molar-refractivity contribution is 6.22. The van der Waals surface area contributed by atoms with E-state index in [2.05, 4.69) is 0 Å². The van der Waals surface area contributed by atoms with Crippen molar-refractivity contribution in [3.63, 3.8) is 0 Å². The quantitative estimate of drug-likeness (QED) is 0.580. The van der Waals surface area contributed by atoms with E-state index in [0.29, 0.717) is 17.6 Å². The van der Waals surface area contributed by atoms with Crippen molar-refractivity contribution in [2.75, 3.05) is 0 Å². The van der Waals surface area contributed by atoms with Crippen molar-refractivity contribution in [1.82, 2.24) is 0 Å². The number of hydrogen-bond donors (Lipinski definition) is 0. The molecule has 88 valence electrons. The third-order valence-electron chi connectivity index (χ3n) is 2.97. The Morgan fingerprint density at radius 3 is 2.76 bits per heavy atom. The van der Waals surface area contributed by atoms with Gasteiger partial charge in [-0.2, -0.15) is 0 Å². The number of carbonyl (C=O) groups excluding carboxylic acids is 1. The summed E-state index contributed by atoms with van der Waals surface area (Å²) in [5.41, 5.74) is 1.80. The molecule has 0 aliphatic heterocycles. The molecule has 4 nitrogen and oxygen atoms in total. The number of aryl methyl sites for hydroxylation is 1. The van der Waals surface area contributed by atoms with Crippen molar-refractivity contribution in [3.8, 4) is 0 Å². The van der Waals surface area contributed by atoms with E-state index in [1.54, 1.807) is 19.1 Å². The maximum atomic E-state index is 11.8. The standard InChI is InChI=1S/C13H13NO3/c1-9-5-4-7-11(14(16)17)13(9)10-6-2-3-8-12(10)15/h4-7H,2-3,8H2,1H3. The zero-order valence-electron chi connectivity index (χ0n) is 9.60. The minimum atomic E-state index is -0.426. The third kappa shape index (κ3) is 2.11. The predicted octanol–water partition coefficient (Wildman–Crippen LogP) is 3.04. The number of nitro groups is 1. The molecule has 1 aromatic carbocycles. The van der Waals surface area contributed by atoms with Gasteiger partial charge >= 0.3 is 0 Å². The number of hydrogen-bond acceptors (Lipinski definition) is 3. The zero-order chi connectivity index (χ0) is 12.4. The molecule has 1 aliphatic rings. The molecule has 0 N–H and O–H groups in total. The maximum absolute atomic E-state index is 11.8. The molecule has 1 aromatic rings. The Bertz CT molecular complexity index is 517. The van der Waals surface area contributed by atoms with Gasteiger partial charge in [0.25, 0.3) is 5.69 Å². The van der Waals surface area contributed by atoms with Crippen molar-refractivity contribution in [1.29, 1.82) is 0 Å². The van der Waals surface area contributed by atoms with Gasteiger partial charge in [-0.3, -0.25) is 14.9 Å². The molecular weight excluding hydrogens is 218 g/mol. The summed E-state index contributed by atoms with van der Waals surface area (Å²) in [5.74, 6) is 0.00801. The van der Waals surface area contributed by atoms with Gasteiger partial charge in [-0.05, 0) is 25.3 Å². The first-order valence-electron chi connectivity index (χ1n) is 5.59. The fraction of sp³-hybridized carbons (Fsp3) is 0.308. The second kappa shape index (κ2) is 4.49. The number of ketones is 1. The first-order chi connectivity index (χ1) is 8.11. The van der Waals surface area contributed by atoms with Gasteiger partial charge in [0.1, 0.15) is 0 Å². The Balaban J connectivity index is 2.61. The van der Waals surface area contributed by atoms with E-state index in [9.17, 15) is 14.9 Å². The lowest BCUT2D eigenvalue weighted by molar-refractivity contribution is -0.385. The fourth-order valence-corrected chi connectivity index (χ4v) is 2.15. The van der Waals surface area contributed by atoms with Crippen molar-refractivity contribution in [2.45, 2.75) is 26.2 Å². The van der Waals surface area contributed by atoms with Crippen LogP contribution < -0.4 is 0 Å². The molecule has 17 heavy (non-hydrogen) atoms. The van der Waals surface area contributed by atoms with Crippen LogP contribution in [0.4, 0.5) is 5.69 Å². The van der Waals surface area contributed by atoms with E-state index >= 15 is 0 Å². The van der Waals surface area contributed by atoms with E-state index in [4.69, 9.17) is 0 Å². The highest BCUT2D eigenvalue weighted by Gasteiger charge is 2.24. The van der Waals surface area contributed by atoms with E-state index in [1.165, 1.54) is 6.07 Å². The Labute approximate surface area is 99.1 Å². The molecule has 0 atom stereocenters. The van der Waals surface area contributed by atoms with Crippen LogP contribution in [-0.2, 0) is 4.79 Å². The van der Waals surface area contributed by atoms with Crippen LogP contribution in [-0.4, -0.2) is 10.7 Å². The summed E-state index contributed by atoms with van der Waals surface area (Å²) < 4.78 is 0. The average Bonchev–Trinajstić information content (AvgIpc) is 2.30. The molecule has 0 saturated carbocycles. The van der Waals surface area contributed by atoms with Crippen molar-refractivity contribution >= 4 is 17.0 Å². The summed E-state index contributed by atoms with van der Waals surface area (Å²) in [6, 6.07) is 4.89. The zero-order valence-corrected chi connectivity index (χ0v) is 9.60. The second-order valence-corrected chi connectivity index (χ2v) is 4.16. The van der Waals surface area contributed by atoms with E-state index in [0.717, 1.165) is 18.4 Å². The van der Waals surface area contributed by atoms with Crippen LogP contribution in [0.15, 0.2) is 24.3 Å². The molecule has 0 amide bonds. The summed E-state index contributed by atoms with van der Waals surface area (Å²) in [4.78, 5) is 22.4. The molecule has 0 spiro atoms. The van der Waals surface area contributed by atoms with Crippen LogP contribution in [0.5, 0.6) is 0 Å². The molecule has 1 aliphatic carbocycles. The Morgan fingerprint density at radius 2 is 2.12 bits per heavy atom. The number of nitro benzene ring substituents is 1. The van der Waals surface area contributed by atoms with Crippen molar-refractivity contribution in [3.05, 3.63) is 45.5 Å². The smallest absolute Gasteiger partial charge is 0.277 e. The van der Waals surface area contributed by atoms with Gasteiger partial charge in [0.15, 0.2) is 5.78 Å². The SMILES string of the molecule is Cc1cccc([N+](=O)[O-])c1C1=CCCCC1=O. The largest absolute Gasteiger partial charge is 0.294 e. The minimum absolute atomic E-state index is 0.00801. The molecule has 0 fully saturated rings. The molecule has 4 heteroatoms. The number of nitrogens with zero attached hydrogens (tertiary/aromatic N) is 1. The molecule has 0 unspecified atom stereocenters. The highest BCUT2D eigenvalue weighted by Crippen LogP contribution is 2.33. The van der Waals surface area contributed by atoms with Gasteiger partial charge in [-0.15, -0.1) is 0 Å². The third-order valence-corrected chi connectivity index (χ3v) is 2.97. The lowest BCUT2D eigenvalue weighted by atomic mass is 9.89. The van der Waals surface area contributed by atoms with Crippen LogP contribution in [0.3, 0.4) is 0 Å². The summed E-state index contributed by atoms with van der Waals surface area (Å²) in [6.07, 6.45) is 3.95. The van der Waals surface area contributed by atoms with Gasteiger partial charge in [0, 0.05) is 18.1 Å². The van der Waals surface area contributed by atoms with Gasteiger partial charge in [0.2, 0.25) is 0 Å². The van der Waals surface area contributed by atoms with Crippen LogP contribution in [0.1, 0.15) is 30.4 Å². The van der Waals surface area contributed by atoms with Gasteiger partial charge in [0.05, 0.1) is 10.5 Å². The molecular formula is C13H13NO3. The molecule has 0 bridgehead atoms. The fourth-order valence-electron chi connectivity index (χ4n) is 2.15. The van der Waals surface area contributed by atoms with Gasteiger partial charge in [-0.25, -0.2) is 0 Å². The number of carbonyl (C=O) groups is 1. The first-order valence-corrected chi connectivity index (χ1v) is 5.59. The van der Waals surface area contributed by atoms with Crippen molar-refractivity contribution in [2.24, 2.45) is 0 Å². The summed E-state index contributed by atoms with van der Waals surface area (Å²) in [7, 11) is 0.